The van der Waals surface area contributed by atoms with Gasteiger partial charge < -0.3 is 24.3 Å². The summed E-state index contributed by atoms with van der Waals surface area (Å²) in [6.45, 7) is 0.409. The molecule has 1 N–H and O–H groups in total. The highest BCUT2D eigenvalue weighted by Gasteiger charge is 2.16. The molecular weight excluding hydrogens is 354 g/mol. The first-order valence-electron chi connectivity index (χ1n) is 8.12. The summed E-state index contributed by atoms with van der Waals surface area (Å²) in [5, 5.41) is 2.57. The number of hydrogen-bond acceptors (Lipinski definition) is 7. The molecule has 2 aromatic rings. The molecule has 0 bridgehead atoms. The fraction of sp³-hybridized carbons (Fsp3) is 0.211. The largest absolute Gasteiger partial charge is 0.486 e. The smallest absolute Gasteiger partial charge is 0.338 e. The number of carbonyl (C=O) groups excluding carboxylic acids is 3. The third-order valence-electron chi connectivity index (χ3n) is 3.70. The van der Waals surface area contributed by atoms with Gasteiger partial charge >= 0.3 is 11.9 Å². The summed E-state index contributed by atoms with van der Waals surface area (Å²) in [5.41, 5.74) is 1.08. The molecule has 1 aliphatic heterocycles. The molecule has 8 heteroatoms. The van der Waals surface area contributed by atoms with E-state index in [1.165, 1.54) is 25.3 Å². The topological polar surface area (TPSA) is 100 Å². The van der Waals surface area contributed by atoms with E-state index in [0.717, 1.165) is 0 Å². The minimum atomic E-state index is -0.650. The van der Waals surface area contributed by atoms with Crippen LogP contribution < -0.4 is 14.8 Å². The molecule has 0 aromatic heterocycles. The van der Waals surface area contributed by atoms with Crippen molar-refractivity contribution in [2.45, 2.75) is 0 Å². The van der Waals surface area contributed by atoms with E-state index in [4.69, 9.17) is 14.2 Å². The highest BCUT2D eigenvalue weighted by molar-refractivity contribution is 5.96. The number of benzene rings is 2. The second-order valence-electron chi connectivity index (χ2n) is 5.55. The SMILES string of the molecule is COC(=O)c1ccc(NC(=O)COC(=O)c2ccc3c(c2)OCCO3)cc1. The predicted molar refractivity (Wildman–Crippen MR) is 94.1 cm³/mol. The quantitative estimate of drug-likeness (QED) is 0.803. The lowest BCUT2D eigenvalue weighted by molar-refractivity contribution is -0.119. The van der Waals surface area contributed by atoms with Gasteiger partial charge in [0.1, 0.15) is 13.2 Å². The number of anilines is 1. The van der Waals surface area contributed by atoms with E-state index >= 15 is 0 Å². The van der Waals surface area contributed by atoms with Crippen LogP contribution in [0.2, 0.25) is 0 Å². The maximum Gasteiger partial charge on any atom is 0.338 e. The van der Waals surface area contributed by atoms with Crippen LogP contribution in [0.25, 0.3) is 0 Å². The summed E-state index contributed by atoms with van der Waals surface area (Å²) in [6.07, 6.45) is 0. The molecule has 3 rings (SSSR count). The Morgan fingerprint density at radius 3 is 2.30 bits per heavy atom. The first-order chi connectivity index (χ1) is 13.1. The molecule has 0 atom stereocenters. The number of hydrogen-bond donors (Lipinski definition) is 1. The van der Waals surface area contributed by atoms with E-state index in [2.05, 4.69) is 10.1 Å². The lowest BCUT2D eigenvalue weighted by Crippen LogP contribution is -2.21. The fourth-order valence-corrected chi connectivity index (χ4v) is 2.39. The van der Waals surface area contributed by atoms with Gasteiger partial charge in [-0.15, -0.1) is 0 Å². The second-order valence-corrected chi connectivity index (χ2v) is 5.55. The first kappa shape index (κ1) is 18.2. The summed E-state index contributed by atoms with van der Waals surface area (Å²) in [5.74, 6) is -0.604. The van der Waals surface area contributed by atoms with Crippen LogP contribution in [0, 0.1) is 0 Å². The third-order valence-corrected chi connectivity index (χ3v) is 3.70. The van der Waals surface area contributed by atoms with Crippen molar-refractivity contribution in [3.8, 4) is 11.5 Å². The molecule has 1 heterocycles. The standard InChI is InChI=1S/C19H17NO7/c1-24-18(22)12-2-5-14(6-3-12)20-17(21)11-27-19(23)13-4-7-15-16(10-13)26-9-8-25-15/h2-7,10H,8-9,11H2,1H3,(H,20,21). The molecular formula is C19H17NO7. The van der Waals surface area contributed by atoms with Gasteiger partial charge in [-0.3, -0.25) is 4.79 Å². The number of ether oxygens (including phenoxy) is 4. The van der Waals surface area contributed by atoms with Crippen molar-refractivity contribution in [3.63, 3.8) is 0 Å². The minimum absolute atomic E-state index is 0.259. The van der Waals surface area contributed by atoms with Gasteiger partial charge in [0.05, 0.1) is 18.2 Å². The van der Waals surface area contributed by atoms with Gasteiger partial charge in [0.2, 0.25) is 0 Å². The summed E-state index contributed by atoms with van der Waals surface area (Å²) in [6, 6.07) is 10.8. The van der Waals surface area contributed by atoms with E-state index in [0.29, 0.717) is 36.0 Å². The van der Waals surface area contributed by atoms with Gasteiger partial charge in [-0.2, -0.15) is 0 Å². The summed E-state index contributed by atoms with van der Waals surface area (Å²) >= 11 is 0. The Morgan fingerprint density at radius 2 is 1.59 bits per heavy atom. The number of esters is 2. The zero-order valence-corrected chi connectivity index (χ0v) is 14.5. The summed E-state index contributed by atoms with van der Waals surface area (Å²) in [7, 11) is 1.29. The molecule has 1 amide bonds. The average Bonchev–Trinajstić information content (AvgIpc) is 2.71. The molecule has 1 aliphatic rings. The van der Waals surface area contributed by atoms with Crippen molar-refractivity contribution in [2.24, 2.45) is 0 Å². The Balaban J connectivity index is 1.53. The zero-order valence-electron chi connectivity index (χ0n) is 14.5. The van der Waals surface area contributed by atoms with Crippen LogP contribution >= 0.6 is 0 Å². The third kappa shape index (κ3) is 4.55. The van der Waals surface area contributed by atoms with Crippen molar-refractivity contribution < 1.29 is 33.3 Å². The molecule has 0 spiro atoms. The van der Waals surface area contributed by atoms with Gasteiger partial charge in [0.15, 0.2) is 18.1 Å². The van der Waals surface area contributed by atoms with E-state index in [1.54, 1.807) is 24.3 Å². The van der Waals surface area contributed by atoms with Gasteiger partial charge in [-0.05, 0) is 42.5 Å². The lowest BCUT2D eigenvalue weighted by Gasteiger charge is -2.18. The van der Waals surface area contributed by atoms with E-state index in [1.807, 2.05) is 0 Å². The molecule has 0 aliphatic carbocycles. The van der Waals surface area contributed by atoms with E-state index in [9.17, 15) is 14.4 Å². The highest BCUT2D eigenvalue weighted by atomic mass is 16.6. The molecule has 0 fully saturated rings. The predicted octanol–water partition coefficient (Wildman–Crippen LogP) is 2.04. The Labute approximate surface area is 155 Å². The highest BCUT2D eigenvalue weighted by Crippen LogP contribution is 2.30. The maximum atomic E-state index is 12.1. The van der Waals surface area contributed by atoms with Crippen LogP contribution in [0.1, 0.15) is 20.7 Å². The van der Waals surface area contributed by atoms with Crippen LogP contribution in [0.3, 0.4) is 0 Å². The molecule has 0 radical (unpaired) electrons. The average molecular weight is 371 g/mol. The Morgan fingerprint density at radius 1 is 0.926 bits per heavy atom. The van der Waals surface area contributed by atoms with Crippen molar-refractivity contribution >= 4 is 23.5 Å². The van der Waals surface area contributed by atoms with Crippen LogP contribution in [-0.4, -0.2) is 44.8 Å². The Kier molecular flexibility index (Phi) is 5.55. The molecule has 27 heavy (non-hydrogen) atoms. The van der Waals surface area contributed by atoms with Crippen molar-refractivity contribution in [1.82, 2.24) is 0 Å². The lowest BCUT2D eigenvalue weighted by atomic mass is 10.2. The number of methoxy groups -OCH3 is 1. The number of rotatable bonds is 5. The van der Waals surface area contributed by atoms with Gasteiger partial charge in [-0.1, -0.05) is 0 Å². The maximum absolute atomic E-state index is 12.1. The van der Waals surface area contributed by atoms with Crippen LogP contribution in [0.5, 0.6) is 11.5 Å². The van der Waals surface area contributed by atoms with Crippen molar-refractivity contribution in [1.29, 1.82) is 0 Å². The first-order valence-corrected chi connectivity index (χ1v) is 8.12. The normalized spacial score (nSPS) is 12.0. The van der Waals surface area contributed by atoms with Gasteiger partial charge in [-0.25, -0.2) is 9.59 Å². The van der Waals surface area contributed by atoms with Crippen LogP contribution in [0.15, 0.2) is 42.5 Å². The molecule has 2 aromatic carbocycles. The Hall–Kier alpha value is -3.55. The van der Waals surface area contributed by atoms with Crippen molar-refractivity contribution in [2.75, 3.05) is 32.2 Å². The molecule has 8 nitrogen and oxygen atoms in total. The fourth-order valence-electron chi connectivity index (χ4n) is 2.39. The van der Waals surface area contributed by atoms with Crippen molar-refractivity contribution in [3.05, 3.63) is 53.6 Å². The van der Waals surface area contributed by atoms with E-state index in [-0.39, 0.29) is 5.56 Å². The second kappa shape index (κ2) is 8.22. The number of fused-ring (bicyclic) bond motifs is 1. The molecule has 0 saturated heterocycles. The minimum Gasteiger partial charge on any atom is -0.486 e. The Bertz CT molecular complexity index is 861. The summed E-state index contributed by atoms with van der Waals surface area (Å²) < 4.78 is 20.4. The number of carbonyl (C=O) groups is 3. The molecule has 140 valence electrons. The zero-order chi connectivity index (χ0) is 19.2. The monoisotopic (exact) mass is 371 g/mol. The molecule has 0 unspecified atom stereocenters. The number of amides is 1. The van der Waals surface area contributed by atoms with Gasteiger partial charge in [0.25, 0.3) is 5.91 Å². The van der Waals surface area contributed by atoms with Gasteiger partial charge in [0, 0.05) is 5.69 Å². The summed E-state index contributed by atoms with van der Waals surface area (Å²) in [4.78, 5) is 35.4. The molecule has 0 saturated carbocycles. The van der Waals surface area contributed by atoms with E-state index < -0.39 is 24.5 Å². The van der Waals surface area contributed by atoms with Crippen LogP contribution in [0.4, 0.5) is 5.69 Å². The van der Waals surface area contributed by atoms with Crippen LogP contribution in [-0.2, 0) is 14.3 Å². The number of nitrogens with one attached hydrogen (secondary N) is 1.